The highest BCUT2D eigenvalue weighted by Crippen LogP contribution is 2.27. The molecule has 0 radical (unpaired) electrons. The maximum atomic E-state index is 12.3. The van der Waals surface area contributed by atoms with Crippen molar-refractivity contribution in [3.8, 4) is 0 Å². The lowest BCUT2D eigenvalue weighted by molar-refractivity contribution is -0.126. The molecule has 1 heterocycles. The Morgan fingerprint density at radius 3 is 2.43 bits per heavy atom. The number of amides is 1. The fourth-order valence-corrected chi connectivity index (χ4v) is 4.11. The zero-order valence-corrected chi connectivity index (χ0v) is 19.1. The van der Waals surface area contributed by atoms with Gasteiger partial charge in [-0.15, -0.1) is 37.2 Å². The molecule has 8 heteroatoms. The lowest BCUT2D eigenvalue weighted by Gasteiger charge is -2.40. The van der Waals surface area contributed by atoms with Crippen molar-refractivity contribution in [1.82, 2.24) is 15.1 Å². The maximum Gasteiger partial charge on any atom is 0.240 e. The Hall–Kier alpha value is -0.560. The number of carbonyl (C=O) groups is 1. The van der Waals surface area contributed by atoms with Gasteiger partial charge in [-0.1, -0.05) is 43.2 Å². The van der Waals surface area contributed by atoms with Gasteiger partial charge in [0.05, 0.1) is 5.54 Å². The lowest BCUT2D eigenvalue weighted by atomic mass is 9.98. The molecule has 3 rings (SSSR count). The second-order valence-electron chi connectivity index (χ2n) is 7.70. The Morgan fingerprint density at radius 2 is 1.79 bits per heavy atom. The van der Waals surface area contributed by atoms with Gasteiger partial charge in [0.15, 0.2) is 0 Å². The lowest BCUT2D eigenvalue weighted by Crippen LogP contribution is -2.52. The predicted octanol–water partition coefficient (Wildman–Crippen LogP) is 3.02. The topological polar surface area (TPSA) is 61.6 Å². The third-order valence-electron chi connectivity index (χ3n) is 5.73. The Balaban J connectivity index is 0.00000243. The van der Waals surface area contributed by atoms with Gasteiger partial charge in [-0.25, -0.2) is 0 Å². The van der Waals surface area contributed by atoms with Crippen LogP contribution >= 0.6 is 37.2 Å². The molecule has 1 aromatic rings. The molecule has 162 valence electrons. The summed E-state index contributed by atoms with van der Waals surface area (Å²) in [6, 6.07) is 11.2. The van der Waals surface area contributed by atoms with Crippen molar-refractivity contribution in [1.29, 1.82) is 0 Å². The van der Waals surface area contributed by atoms with Crippen LogP contribution in [0.4, 0.5) is 0 Å². The molecule has 5 nitrogen and oxygen atoms in total. The summed E-state index contributed by atoms with van der Waals surface area (Å²) in [4.78, 5) is 17.2. The first-order chi connectivity index (χ1) is 12.1. The number of nitrogens with two attached hydrogens (primary N) is 1. The summed E-state index contributed by atoms with van der Waals surface area (Å²) in [5, 5.41) is 3.07. The van der Waals surface area contributed by atoms with Gasteiger partial charge in [0.1, 0.15) is 0 Å². The number of nitrogens with one attached hydrogen (secondary N) is 1. The summed E-state index contributed by atoms with van der Waals surface area (Å²) >= 11 is 0. The smallest absolute Gasteiger partial charge is 0.240 e. The first-order valence-corrected chi connectivity index (χ1v) is 9.63. The largest absolute Gasteiger partial charge is 0.354 e. The van der Waals surface area contributed by atoms with Crippen LogP contribution in [0.25, 0.3) is 0 Å². The number of likely N-dealkylation sites (N-methyl/N-ethyl adjacent to an activating group) is 1. The van der Waals surface area contributed by atoms with Gasteiger partial charge in [-0.2, -0.15) is 0 Å². The van der Waals surface area contributed by atoms with Crippen molar-refractivity contribution in [3.05, 3.63) is 35.9 Å². The van der Waals surface area contributed by atoms with Crippen LogP contribution in [0.3, 0.4) is 0 Å². The highest BCUT2D eigenvalue weighted by atomic mass is 35.5. The van der Waals surface area contributed by atoms with Crippen LogP contribution in [0.2, 0.25) is 0 Å². The van der Waals surface area contributed by atoms with Crippen LogP contribution in [0.5, 0.6) is 0 Å². The highest BCUT2D eigenvalue weighted by Gasteiger charge is 2.36. The van der Waals surface area contributed by atoms with Crippen LogP contribution in [0, 0.1) is 0 Å². The number of hydrogen-bond acceptors (Lipinski definition) is 4. The van der Waals surface area contributed by atoms with E-state index >= 15 is 0 Å². The van der Waals surface area contributed by atoms with E-state index in [1.807, 2.05) is 0 Å². The van der Waals surface area contributed by atoms with Crippen molar-refractivity contribution < 1.29 is 4.79 Å². The Labute approximate surface area is 188 Å². The summed E-state index contributed by atoms with van der Waals surface area (Å²) in [6.07, 6.45) is 4.77. The van der Waals surface area contributed by atoms with Gasteiger partial charge >= 0.3 is 0 Å². The first kappa shape index (κ1) is 27.4. The van der Waals surface area contributed by atoms with Gasteiger partial charge in [0.2, 0.25) is 5.91 Å². The molecule has 0 aromatic heterocycles. The minimum absolute atomic E-state index is 0. The van der Waals surface area contributed by atoms with Gasteiger partial charge in [-0.3, -0.25) is 9.69 Å². The van der Waals surface area contributed by atoms with E-state index in [4.69, 9.17) is 5.73 Å². The number of piperazine rings is 1. The number of rotatable bonds is 6. The van der Waals surface area contributed by atoms with Crippen molar-refractivity contribution in [3.63, 3.8) is 0 Å². The molecule has 1 aliphatic carbocycles. The van der Waals surface area contributed by atoms with Crippen molar-refractivity contribution >= 4 is 43.1 Å². The normalized spacial score (nSPS) is 21.7. The van der Waals surface area contributed by atoms with Crippen LogP contribution < -0.4 is 11.1 Å². The molecular formula is C20H35Cl3N4O. The van der Waals surface area contributed by atoms with E-state index < -0.39 is 5.54 Å². The fourth-order valence-electron chi connectivity index (χ4n) is 4.11. The van der Waals surface area contributed by atoms with E-state index in [-0.39, 0.29) is 43.1 Å². The Kier molecular flexibility index (Phi) is 12.6. The predicted molar refractivity (Wildman–Crippen MR) is 123 cm³/mol. The average Bonchev–Trinajstić information content (AvgIpc) is 3.08. The van der Waals surface area contributed by atoms with Crippen LogP contribution in [-0.4, -0.2) is 61.0 Å². The molecule has 28 heavy (non-hydrogen) atoms. The summed E-state index contributed by atoms with van der Waals surface area (Å²) in [5.41, 5.74) is 6.98. The van der Waals surface area contributed by atoms with Crippen molar-refractivity contribution in [2.75, 3.05) is 39.8 Å². The quantitative estimate of drug-likeness (QED) is 0.650. The van der Waals surface area contributed by atoms with E-state index in [9.17, 15) is 4.79 Å². The number of nitrogens with zero attached hydrogens (tertiary/aromatic N) is 2. The Bertz CT molecular complexity index is 570. The number of halogens is 3. The molecule has 2 aliphatic rings. The first-order valence-electron chi connectivity index (χ1n) is 9.63. The SMILES string of the molecule is CN1CCN(CCCNC(=O)C2(N)CCCC2)C(c2ccccc2)C1.Cl.Cl.Cl. The molecule has 0 bridgehead atoms. The van der Waals surface area contributed by atoms with E-state index in [1.54, 1.807) is 0 Å². The summed E-state index contributed by atoms with van der Waals surface area (Å²) in [6.45, 7) is 4.95. The Morgan fingerprint density at radius 1 is 1.14 bits per heavy atom. The second kappa shape index (κ2) is 12.9. The zero-order chi connectivity index (χ0) is 17.7. The fraction of sp³-hybridized carbons (Fsp3) is 0.650. The number of benzene rings is 1. The standard InChI is InChI=1S/C20H32N4O.3ClH/c1-23-14-15-24(18(16-23)17-8-3-2-4-9-17)13-7-12-22-19(25)20(21)10-5-6-11-20;;;/h2-4,8-9,18H,5-7,10-16,21H2,1H3,(H,22,25);3*1H. The molecular weight excluding hydrogens is 419 g/mol. The minimum Gasteiger partial charge on any atom is -0.354 e. The van der Waals surface area contributed by atoms with Gasteiger partial charge in [0, 0.05) is 38.8 Å². The van der Waals surface area contributed by atoms with Crippen LogP contribution in [0.1, 0.15) is 43.7 Å². The van der Waals surface area contributed by atoms with Crippen molar-refractivity contribution in [2.24, 2.45) is 5.73 Å². The number of carbonyl (C=O) groups excluding carboxylic acids is 1. The van der Waals surface area contributed by atoms with E-state index in [0.29, 0.717) is 12.6 Å². The zero-order valence-electron chi connectivity index (χ0n) is 16.6. The molecule has 1 amide bonds. The third kappa shape index (κ3) is 7.05. The van der Waals surface area contributed by atoms with Crippen molar-refractivity contribution in [2.45, 2.75) is 43.7 Å². The molecule has 1 saturated heterocycles. The van der Waals surface area contributed by atoms with E-state index in [1.165, 1.54) is 5.56 Å². The molecule has 3 N–H and O–H groups in total. The summed E-state index contributed by atoms with van der Waals surface area (Å²) < 4.78 is 0. The van der Waals surface area contributed by atoms with Crippen LogP contribution in [-0.2, 0) is 4.79 Å². The molecule has 1 unspecified atom stereocenters. The van der Waals surface area contributed by atoms with Gasteiger partial charge in [-0.05, 0) is 31.9 Å². The monoisotopic (exact) mass is 452 g/mol. The van der Waals surface area contributed by atoms with Gasteiger partial charge < -0.3 is 16.0 Å². The number of hydrogen-bond donors (Lipinski definition) is 2. The molecule has 2 fully saturated rings. The third-order valence-corrected chi connectivity index (χ3v) is 5.73. The van der Waals surface area contributed by atoms with E-state index in [2.05, 4.69) is 52.5 Å². The summed E-state index contributed by atoms with van der Waals surface area (Å²) in [7, 11) is 2.19. The molecule has 1 aromatic carbocycles. The molecule has 1 saturated carbocycles. The van der Waals surface area contributed by atoms with Gasteiger partial charge in [0.25, 0.3) is 0 Å². The molecule has 1 atom stereocenters. The van der Waals surface area contributed by atoms with E-state index in [0.717, 1.165) is 58.3 Å². The highest BCUT2D eigenvalue weighted by molar-refractivity contribution is 5.86. The average molecular weight is 454 g/mol. The second-order valence-corrected chi connectivity index (χ2v) is 7.70. The minimum atomic E-state index is -0.611. The molecule has 1 aliphatic heterocycles. The van der Waals surface area contributed by atoms with Crippen LogP contribution in [0.15, 0.2) is 30.3 Å². The summed E-state index contributed by atoms with van der Waals surface area (Å²) in [5.74, 6) is 0.0444. The molecule has 0 spiro atoms. The maximum absolute atomic E-state index is 12.3.